The van der Waals surface area contributed by atoms with Crippen molar-refractivity contribution >= 4 is 33.2 Å². The van der Waals surface area contributed by atoms with Crippen LogP contribution in [0.15, 0.2) is 48.3 Å². The van der Waals surface area contributed by atoms with Crippen LogP contribution in [0, 0.1) is 5.92 Å². The fraction of sp³-hybridized carbons (Fsp3) is 0.625. The molecule has 2 saturated heterocycles. The van der Waals surface area contributed by atoms with Crippen molar-refractivity contribution in [2.24, 2.45) is 5.92 Å². The van der Waals surface area contributed by atoms with Crippen molar-refractivity contribution in [1.82, 2.24) is 14.5 Å². The first-order valence-corrected chi connectivity index (χ1v) is 21.3. The van der Waals surface area contributed by atoms with Gasteiger partial charge in [-0.25, -0.2) is 17.5 Å². The van der Waals surface area contributed by atoms with Crippen LogP contribution in [-0.4, -0.2) is 114 Å². The van der Waals surface area contributed by atoms with Crippen molar-refractivity contribution in [2.45, 2.75) is 81.5 Å². The first-order chi connectivity index (χ1) is 25.5. The monoisotopic (exact) mass is 772 g/mol. The molecule has 13 heteroatoms. The molecular formula is C40H54ClFN4O6S. The van der Waals surface area contributed by atoms with E-state index < -0.39 is 33.1 Å². The maximum absolute atomic E-state index is 16.6. The molecule has 0 unspecified atom stereocenters. The lowest BCUT2D eigenvalue weighted by atomic mass is 9.70. The largest absolute Gasteiger partial charge is 0.490 e. The molecule has 53 heavy (non-hydrogen) atoms. The molecular weight excluding hydrogens is 719 g/mol. The van der Waals surface area contributed by atoms with Crippen molar-refractivity contribution in [3.8, 4) is 5.75 Å². The maximum atomic E-state index is 16.6. The van der Waals surface area contributed by atoms with Crippen LogP contribution in [0.4, 0.5) is 10.1 Å². The van der Waals surface area contributed by atoms with E-state index in [0.717, 1.165) is 83.6 Å². The Kier molecular flexibility index (Phi) is 12.0. The molecule has 0 saturated carbocycles. The third kappa shape index (κ3) is 8.58. The van der Waals surface area contributed by atoms with E-state index in [-0.39, 0.29) is 35.9 Å². The Morgan fingerprint density at radius 3 is 2.75 bits per heavy atom. The number of sulfonamides is 1. The molecule has 2 bridgehead atoms. The second kappa shape index (κ2) is 16.5. The summed E-state index contributed by atoms with van der Waals surface area (Å²) in [5.41, 5.74) is 3.09. The van der Waals surface area contributed by atoms with E-state index in [2.05, 4.69) is 31.6 Å². The van der Waals surface area contributed by atoms with E-state index in [1.165, 1.54) is 11.1 Å². The van der Waals surface area contributed by atoms with Crippen molar-refractivity contribution in [1.29, 1.82) is 0 Å². The molecule has 0 radical (unpaired) electrons. The first kappa shape index (κ1) is 38.5. The highest BCUT2D eigenvalue weighted by molar-refractivity contribution is 7.90. The van der Waals surface area contributed by atoms with Gasteiger partial charge in [0.2, 0.25) is 10.0 Å². The number of ether oxygens (including phenoxy) is 3. The molecule has 1 N–H and O–H groups in total. The van der Waals surface area contributed by atoms with Crippen molar-refractivity contribution in [3.05, 3.63) is 70.0 Å². The predicted molar refractivity (Wildman–Crippen MR) is 205 cm³/mol. The van der Waals surface area contributed by atoms with Crippen molar-refractivity contribution in [3.63, 3.8) is 0 Å². The lowest BCUT2D eigenvalue weighted by Gasteiger charge is -2.42. The molecule has 2 aromatic rings. The van der Waals surface area contributed by atoms with Gasteiger partial charge in [0.25, 0.3) is 5.91 Å². The van der Waals surface area contributed by atoms with E-state index in [1.54, 1.807) is 38.1 Å². The van der Waals surface area contributed by atoms with E-state index in [9.17, 15) is 13.2 Å². The van der Waals surface area contributed by atoms with Gasteiger partial charge < -0.3 is 19.1 Å². The number of nitrogens with zero attached hydrogens (tertiary/aromatic N) is 3. The van der Waals surface area contributed by atoms with Gasteiger partial charge in [-0.1, -0.05) is 30.7 Å². The highest BCUT2D eigenvalue weighted by Crippen LogP contribution is 2.45. The summed E-state index contributed by atoms with van der Waals surface area (Å²) < 4.78 is 64.2. The van der Waals surface area contributed by atoms with Gasteiger partial charge in [0.15, 0.2) is 0 Å². The zero-order chi connectivity index (χ0) is 37.2. The Labute approximate surface area is 319 Å². The summed E-state index contributed by atoms with van der Waals surface area (Å²) in [6, 6.07) is 10.7. The van der Waals surface area contributed by atoms with Gasteiger partial charge in [0.1, 0.15) is 11.6 Å². The Morgan fingerprint density at radius 1 is 1.09 bits per heavy atom. The summed E-state index contributed by atoms with van der Waals surface area (Å²) in [7, 11) is -4.07. The number of carbonyl (C=O) groups is 1. The van der Waals surface area contributed by atoms with Crippen LogP contribution in [0.5, 0.6) is 5.75 Å². The van der Waals surface area contributed by atoms with Crippen LogP contribution in [0.3, 0.4) is 0 Å². The number of anilines is 1. The van der Waals surface area contributed by atoms with Gasteiger partial charge in [0, 0.05) is 61.4 Å². The standard InChI is InChI=1S/C40H54ClFN4O6S/c1-28-8-12-35(42)37(25-51-19-5-15-44-17-20-50-21-18-44)46-16-4-7-33(46)24-45-26-40(14-3-6-30-22-32(41)10-11-34(30)40)27-52-38-13-9-31(23-36(38)45)39(47)43-53(48,49)29(28)2/h9-13,22-23,28-29,33,37H,3-8,14-21,24-27H2,1-2H3,(H,43,47)/b35-12-/t28-,29+,33-,37-,40-/m0/s1. The summed E-state index contributed by atoms with van der Waals surface area (Å²) in [6.07, 6.45) is 7.25. The number of halogens is 2. The molecule has 1 amide bonds. The number of hydrogen-bond acceptors (Lipinski definition) is 9. The highest BCUT2D eigenvalue weighted by Gasteiger charge is 2.44. The lowest BCUT2D eigenvalue weighted by molar-refractivity contribution is 0.0258. The Bertz CT molecular complexity index is 1770. The van der Waals surface area contributed by atoms with Crippen LogP contribution >= 0.6 is 11.6 Å². The molecule has 1 aliphatic carbocycles. The number of amides is 1. The molecule has 0 aromatic heterocycles. The van der Waals surface area contributed by atoms with E-state index in [1.807, 2.05) is 6.07 Å². The van der Waals surface area contributed by atoms with E-state index in [4.69, 9.17) is 25.8 Å². The molecule has 4 heterocycles. The fourth-order valence-corrected chi connectivity index (χ4v) is 10.4. The normalized spacial score (nSPS) is 30.8. The SMILES string of the molecule is C[C@@H]1[C@@H](C)C/C=C(\F)[C@H](COCCCN2CCOCC2)N2CCC[C@H]2CN2C[C@@]3(CCCc4cc(Cl)ccc43)COc3ccc(cc32)C(=O)NS1(=O)=O. The molecule has 1 spiro atoms. The van der Waals surface area contributed by atoms with Crippen molar-refractivity contribution < 1.29 is 31.8 Å². The predicted octanol–water partition coefficient (Wildman–Crippen LogP) is 5.73. The number of hydrogen-bond donors (Lipinski definition) is 1. The smallest absolute Gasteiger partial charge is 0.264 e. The average molecular weight is 773 g/mol. The zero-order valence-corrected chi connectivity index (χ0v) is 32.6. The number of aryl methyl sites for hydroxylation is 1. The Balaban J connectivity index is 1.22. The summed E-state index contributed by atoms with van der Waals surface area (Å²) in [5.74, 6) is -0.787. The molecule has 290 valence electrons. The molecule has 4 aliphatic heterocycles. The highest BCUT2D eigenvalue weighted by atomic mass is 35.5. The van der Waals surface area contributed by atoms with Gasteiger partial charge in [-0.05, 0) is 106 Å². The van der Waals surface area contributed by atoms with Crippen LogP contribution in [0.25, 0.3) is 0 Å². The number of allylic oxidation sites excluding steroid dienone is 1. The first-order valence-electron chi connectivity index (χ1n) is 19.4. The number of rotatable bonds is 6. The maximum Gasteiger partial charge on any atom is 0.264 e. The summed E-state index contributed by atoms with van der Waals surface area (Å²) in [5, 5.41) is -0.220. The number of nitrogens with one attached hydrogen (secondary N) is 1. The quantitative estimate of drug-likeness (QED) is 0.370. The molecule has 2 aromatic carbocycles. The van der Waals surface area contributed by atoms with Gasteiger partial charge >= 0.3 is 0 Å². The fourth-order valence-electron chi connectivity index (χ4n) is 8.93. The Hall–Kier alpha value is -2.74. The third-order valence-corrected chi connectivity index (χ3v) is 14.4. The van der Waals surface area contributed by atoms with Gasteiger partial charge in [-0.15, -0.1) is 0 Å². The summed E-state index contributed by atoms with van der Waals surface area (Å²) in [4.78, 5) is 20.5. The third-order valence-electron chi connectivity index (χ3n) is 12.2. The number of morpholine rings is 1. The minimum atomic E-state index is -4.07. The van der Waals surface area contributed by atoms with Crippen molar-refractivity contribution in [2.75, 3.05) is 77.2 Å². The van der Waals surface area contributed by atoms with Crippen LogP contribution in [0.1, 0.15) is 73.9 Å². The van der Waals surface area contributed by atoms with Gasteiger partial charge in [0.05, 0.1) is 43.4 Å². The van der Waals surface area contributed by atoms with Crippen LogP contribution < -0.4 is 14.4 Å². The average Bonchev–Trinajstić information content (AvgIpc) is 3.54. The zero-order valence-electron chi connectivity index (χ0n) is 31.0. The topological polar surface area (TPSA) is 101 Å². The summed E-state index contributed by atoms with van der Waals surface area (Å²) >= 11 is 6.47. The minimum absolute atomic E-state index is 0.00879. The van der Waals surface area contributed by atoms with Gasteiger partial charge in [-0.2, -0.15) is 0 Å². The number of benzene rings is 2. The van der Waals surface area contributed by atoms with Crippen LogP contribution in [0.2, 0.25) is 5.02 Å². The second-order valence-corrected chi connectivity index (χ2v) is 18.2. The second-order valence-electron chi connectivity index (χ2n) is 15.7. The van der Waals surface area contributed by atoms with Gasteiger partial charge in [-0.3, -0.25) is 14.6 Å². The van der Waals surface area contributed by atoms with E-state index >= 15 is 4.39 Å². The molecule has 5 atom stereocenters. The summed E-state index contributed by atoms with van der Waals surface area (Å²) in [6.45, 7) is 10.7. The molecule has 5 aliphatic rings. The molecule has 10 nitrogen and oxygen atoms in total. The number of fused-ring (bicyclic) bond motifs is 4. The Morgan fingerprint density at radius 2 is 1.92 bits per heavy atom. The molecule has 7 rings (SSSR count). The van der Waals surface area contributed by atoms with Crippen LogP contribution in [-0.2, 0) is 31.3 Å². The molecule has 2 fully saturated rings. The lowest BCUT2D eigenvalue weighted by Crippen LogP contribution is -2.51. The number of carbonyl (C=O) groups excluding carboxylic acids is 1. The minimum Gasteiger partial charge on any atom is -0.490 e. The van der Waals surface area contributed by atoms with E-state index in [0.29, 0.717) is 37.1 Å².